The number of fused-ring (bicyclic) bond motifs is 3. The van der Waals surface area contributed by atoms with Crippen LogP contribution in [0.4, 0.5) is 8.78 Å². The van der Waals surface area contributed by atoms with E-state index in [9.17, 15) is 13.9 Å². The number of aromatic nitrogens is 2. The second-order valence-electron chi connectivity index (χ2n) is 5.60. The fourth-order valence-corrected chi connectivity index (χ4v) is 2.92. The van der Waals surface area contributed by atoms with Crippen LogP contribution in [0.3, 0.4) is 0 Å². The van der Waals surface area contributed by atoms with Crippen molar-refractivity contribution in [2.24, 2.45) is 4.99 Å². The van der Waals surface area contributed by atoms with Crippen LogP contribution in [0.15, 0.2) is 53.7 Å². The van der Waals surface area contributed by atoms with Crippen molar-refractivity contribution >= 4 is 5.71 Å². The van der Waals surface area contributed by atoms with Crippen LogP contribution in [-0.4, -0.2) is 20.4 Å². The molecule has 0 amide bonds. The third kappa shape index (κ3) is 2.23. The van der Waals surface area contributed by atoms with Crippen molar-refractivity contribution in [3.63, 3.8) is 0 Å². The first-order valence-electron chi connectivity index (χ1n) is 7.41. The Hall–Kier alpha value is -2.86. The average Bonchev–Trinajstić information content (AvgIpc) is 2.90. The van der Waals surface area contributed by atoms with Gasteiger partial charge in [-0.05, 0) is 37.3 Å². The van der Waals surface area contributed by atoms with E-state index in [-0.39, 0.29) is 11.3 Å². The minimum Gasteiger partial charge on any atom is -0.365 e. The van der Waals surface area contributed by atoms with E-state index in [2.05, 4.69) is 9.98 Å². The van der Waals surface area contributed by atoms with Gasteiger partial charge < -0.3 is 5.11 Å². The lowest BCUT2D eigenvalue weighted by Crippen LogP contribution is -2.09. The highest BCUT2D eigenvalue weighted by molar-refractivity contribution is 6.15. The van der Waals surface area contributed by atoms with Gasteiger partial charge >= 0.3 is 0 Å². The number of aryl methyl sites for hydroxylation is 1. The Labute approximate surface area is 136 Å². The first-order valence-corrected chi connectivity index (χ1v) is 7.41. The van der Waals surface area contributed by atoms with Crippen LogP contribution in [-0.2, 0) is 0 Å². The van der Waals surface area contributed by atoms with Crippen LogP contribution in [0, 0.1) is 18.6 Å². The molecular weight excluding hydrogens is 312 g/mol. The van der Waals surface area contributed by atoms with E-state index in [0.29, 0.717) is 22.8 Å². The summed E-state index contributed by atoms with van der Waals surface area (Å²) in [5.41, 5.74) is 2.08. The van der Waals surface area contributed by atoms with Crippen LogP contribution < -0.4 is 0 Å². The van der Waals surface area contributed by atoms with E-state index in [4.69, 9.17) is 0 Å². The number of rotatable bonds is 1. The van der Waals surface area contributed by atoms with Gasteiger partial charge in [-0.3, -0.25) is 4.57 Å². The first kappa shape index (κ1) is 14.7. The smallest absolute Gasteiger partial charge is 0.205 e. The molecule has 6 heteroatoms. The third-order valence-electron chi connectivity index (χ3n) is 3.94. The number of aliphatic hydroxyl groups is 1. The molecule has 0 aliphatic carbocycles. The van der Waals surface area contributed by atoms with Gasteiger partial charge in [0.2, 0.25) is 6.23 Å². The molecule has 0 saturated carbocycles. The molecule has 0 saturated heterocycles. The molecule has 0 radical (unpaired) electrons. The van der Waals surface area contributed by atoms with Crippen LogP contribution >= 0.6 is 0 Å². The summed E-state index contributed by atoms with van der Waals surface area (Å²) < 4.78 is 29.8. The van der Waals surface area contributed by atoms with Crippen LogP contribution in [0.25, 0.3) is 5.69 Å². The molecule has 1 unspecified atom stereocenters. The molecule has 0 bridgehead atoms. The van der Waals surface area contributed by atoms with Crippen molar-refractivity contribution in [2.45, 2.75) is 13.2 Å². The van der Waals surface area contributed by atoms with E-state index in [1.54, 1.807) is 42.0 Å². The van der Waals surface area contributed by atoms with Gasteiger partial charge in [0.25, 0.3) is 0 Å². The number of hydrogen-bond acceptors (Lipinski definition) is 3. The Balaban J connectivity index is 2.05. The van der Waals surface area contributed by atoms with Crippen molar-refractivity contribution in [1.82, 2.24) is 9.55 Å². The second kappa shape index (κ2) is 5.35. The molecule has 2 aromatic carbocycles. The zero-order valence-corrected chi connectivity index (χ0v) is 12.7. The van der Waals surface area contributed by atoms with Crippen molar-refractivity contribution in [3.8, 4) is 5.69 Å². The van der Waals surface area contributed by atoms with E-state index >= 15 is 0 Å². The minimum atomic E-state index is -1.27. The topological polar surface area (TPSA) is 50.4 Å². The lowest BCUT2D eigenvalue weighted by molar-refractivity contribution is 0.177. The van der Waals surface area contributed by atoms with Gasteiger partial charge in [-0.25, -0.2) is 18.8 Å². The Morgan fingerprint density at radius 3 is 2.67 bits per heavy atom. The number of aliphatic imine (C=N–C) groups is 1. The monoisotopic (exact) mass is 325 g/mol. The summed E-state index contributed by atoms with van der Waals surface area (Å²) in [5.74, 6) is -0.645. The predicted octanol–water partition coefficient (Wildman–Crippen LogP) is 3.30. The summed E-state index contributed by atoms with van der Waals surface area (Å²) >= 11 is 0. The first-order chi connectivity index (χ1) is 11.5. The Bertz CT molecular complexity index is 978. The quantitative estimate of drug-likeness (QED) is 0.746. The number of halogens is 2. The SMILES string of the molecule is Cc1cn2c(n1)C(O)N=C(c1ccccc1F)c1cc(F)ccc1-2. The summed E-state index contributed by atoms with van der Waals surface area (Å²) in [6.07, 6.45) is 0.457. The highest BCUT2D eigenvalue weighted by Crippen LogP contribution is 2.30. The van der Waals surface area contributed by atoms with Crippen molar-refractivity contribution in [1.29, 1.82) is 0 Å². The molecule has 0 spiro atoms. The molecule has 1 aromatic heterocycles. The standard InChI is InChI=1S/C18H13F2N3O/c1-10-9-23-15-7-6-11(19)8-13(15)16(22-18(24)17(23)21-10)12-4-2-3-5-14(12)20/h2-9,18,24H,1H3. The lowest BCUT2D eigenvalue weighted by Gasteiger charge is -2.12. The van der Waals surface area contributed by atoms with Crippen LogP contribution in [0.5, 0.6) is 0 Å². The maximum absolute atomic E-state index is 14.3. The maximum Gasteiger partial charge on any atom is 0.205 e. The second-order valence-corrected chi connectivity index (χ2v) is 5.60. The number of benzene rings is 2. The fourth-order valence-electron chi connectivity index (χ4n) is 2.92. The third-order valence-corrected chi connectivity index (χ3v) is 3.94. The minimum absolute atomic E-state index is 0.193. The number of imidazole rings is 1. The molecule has 1 N–H and O–H groups in total. The summed E-state index contributed by atoms with van der Waals surface area (Å²) in [7, 11) is 0. The van der Waals surface area contributed by atoms with Crippen molar-refractivity contribution in [2.75, 3.05) is 0 Å². The van der Waals surface area contributed by atoms with E-state index in [0.717, 1.165) is 0 Å². The zero-order valence-electron chi connectivity index (χ0n) is 12.7. The van der Waals surface area contributed by atoms with Crippen LogP contribution in [0.2, 0.25) is 0 Å². The van der Waals surface area contributed by atoms with Crippen LogP contribution in [0.1, 0.15) is 28.9 Å². The van der Waals surface area contributed by atoms with E-state index in [1.807, 2.05) is 0 Å². The highest BCUT2D eigenvalue weighted by atomic mass is 19.1. The van der Waals surface area contributed by atoms with Gasteiger partial charge in [0, 0.05) is 17.3 Å². The largest absolute Gasteiger partial charge is 0.365 e. The molecular formula is C18H13F2N3O. The van der Waals surface area contributed by atoms with E-state index < -0.39 is 17.9 Å². The van der Waals surface area contributed by atoms with Gasteiger partial charge in [0.05, 0.1) is 17.1 Å². The fraction of sp³-hybridized carbons (Fsp3) is 0.111. The average molecular weight is 325 g/mol. The maximum atomic E-state index is 14.3. The summed E-state index contributed by atoms with van der Waals surface area (Å²) in [6.45, 7) is 1.79. The number of aliphatic hydroxyl groups excluding tert-OH is 1. The van der Waals surface area contributed by atoms with Gasteiger partial charge in [0.1, 0.15) is 11.6 Å². The Morgan fingerprint density at radius 2 is 1.88 bits per heavy atom. The molecule has 3 aromatic rings. The van der Waals surface area contributed by atoms with Crippen molar-refractivity contribution < 1.29 is 13.9 Å². The number of nitrogens with zero attached hydrogens (tertiary/aromatic N) is 3. The predicted molar refractivity (Wildman–Crippen MR) is 85.3 cm³/mol. The van der Waals surface area contributed by atoms with Crippen molar-refractivity contribution in [3.05, 3.63) is 82.9 Å². The lowest BCUT2D eigenvalue weighted by atomic mass is 10.00. The Morgan fingerprint density at radius 1 is 1.08 bits per heavy atom. The summed E-state index contributed by atoms with van der Waals surface area (Å²) in [4.78, 5) is 8.51. The molecule has 4 rings (SSSR count). The highest BCUT2D eigenvalue weighted by Gasteiger charge is 2.26. The number of hydrogen-bond donors (Lipinski definition) is 1. The van der Waals surface area contributed by atoms with Gasteiger partial charge in [0.15, 0.2) is 5.82 Å². The van der Waals surface area contributed by atoms with E-state index in [1.165, 1.54) is 18.2 Å². The molecule has 120 valence electrons. The molecule has 0 fully saturated rings. The molecule has 2 heterocycles. The van der Waals surface area contributed by atoms with Gasteiger partial charge in [-0.2, -0.15) is 0 Å². The molecule has 4 nitrogen and oxygen atoms in total. The molecule has 1 aliphatic heterocycles. The Kier molecular flexibility index (Phi) is 3.28. The zero-order chi connectivity index (χ0) is 16.8. The molecule has 1 aliphatic rings. The summed E-state index contributed by atoms with van der Waals surface area (Å²) in [6, 6.07) is 10.3. The normalized spacial score (nSPS) is 16.2. The molecule has 24 heavy (non-hydrogen) atoms. The molecule has 1 atom stereocenters. The van der Waals surface area contributed by atoms with Gasteiger partial charge in [-0.1, -0.05) is 12.1 Å². The van der Waals surface area contributed by atoms with Gasteiger partial charge in [-0.15, -0.1) is 0 Å². The summed E-state index contributed by atoms with van der Waals surface area (Å²) in [5, 5.41) is 10.4.